The summed E-state index contributed by atoms with van der Waals surface area (Å²) in [5.41, 5.74) is 6.68. The van der Waals surface area contributed by atoms with Crippen molar-refractivity contribution in [3.05, 3.63) is 62.1 Å². The van der Waals surface area contributed by atoms with Gasteiger partial charge in [-0.25, -0.2) is 0 Å². The van der Waals surface area contributed by atoms with Crippen LogP contribution in [0.2, 0.25) is 0 Å². The minimum absolute atomic E-state index is 0.242. The third-order valence-corrected chi connectivity index (χ3v) is 5.83. The maximum absolute atomic E-state index is 11.3. The number of aryl methyl sites for hydroxylation is 2. The molecule has 0 saturated carbocycles. The van der Waals surface area contributed by atoms with Crippen molar-refractivity contribution in [2.75, 3.05) is 13.9 Å². The van der Waals surface area contributed by atoms with Crippen LogP contribution in [0.5, 0.6) is 5.75 Å². The zero-order valence-corrected chi connectivity index (χ0v) is 17.5. The van der Waals surface area contributed by atoms with Gasteiger partial charge < -0.3 is 14.6 Å². The molecule has 2 atom stereocenters. The molecule has 0 radical (unpaired) electrons. The van der Waals surface area contributed by atoms with Crippen LogP contribution in [0.25, 0.3) is 0 Å². The van der Waals surface area contributed by atoms with E-state index in [4.69, 9.17) is 9.47 Å². The fourth-order valence-corrected chi connectivity index (χ4v) is 4.91. The average Bonchev–Trinajstić information content (AvgIpc) is 2.58. The van der Waals surface area contributed by atoms with Gasteiger partial charge in [0.15, 0.2) is 6.79 Å². The standard InChI is InChI=1S/C22H27BrO3/c1-13-6-5-7-17-18(8-9-19(21(13)17)26-12-25-4)22(24)20-14(2)10-16(23)11-15(20)3/h8-11,13,22,24H,5-7,12H2,1-4H3. The van der Waals surface area contributed by atoms with Crippen LogP contribution >= 0.6 is 15.9 Å². The first-order valence-corrected chi connectivity index (χ1v) is 9.95. The molecule has 140 valence electrons. The van der Waals surface area contributed by atoms with Gasteiger partial charge in [0.25, 0.3) is 0 Å². The van der Waals surface area contributed by atoms with Gasteiger partial charge in [-0.15, -0.1) is 0 Å². The molecular formula is C22H27BrO3. The molecule has 3 nitrogen and oxygen atoms in total. The Labute approximate surface area is 164 Å². The highest BCUT2D eigenvalue weighted by Gasteiger charge is 2.27. The molecule has 0 saturated heterocycles. The van der Waals surface area contributed by atoms with Crippen LogP contribution in [0.15, 0.2) is 28.7 Å². The van der Waals surface area contributed by atoms with E-state index in [-0.39, 0.29) is 6.79 Å². The summed E-state index contributed by atoms with van der Waals surface area (Å²) in [4.78, 5) is 0. The maximum Gasteiger partial charge on any atom is 0.188 e. The monoisotopic (exact) mass is 418 g/mol. The van der Waals surface area contributed by atoms with Gasteiger partial charge >= 0.3 is 0 Å². The molecule has 3 rings (SSSR count). The van der Waals surface area contributed by atoms with Gasteiger partial charge in [-0.3, -0.25) is 0 Å². The summed E-state index contributed by atoms with van der Waals surface area (Å²) in [6.07, 6.45) is 2.63. The molecule has 1 aliphatic rings. The second kappa shape index (κ2) is 8.12. The summed E-state index contributed by atoms with van der Waals surface area (Å²) >= 11 is 3.54. The van der Waals surface area contributed by atoms with Gasteiger partial charge in [0, 0.05) is 17.1 Å². The summed E-state index contributed by atoms with van der Waals surface area (Å²) in [5, 5.41) is 11.3. The fraction of sp³-hybridized carbons (Fsp3) is 0.455. The van der Waals surface area contributed by atoms with Crippen molar-refractivity contribution < 1.29 is 14.6 Å². The van der Waals surface area contributed by atoms with E-state index in [1.54, 1.807) is 7.11 Å². The van der Waals surface area contributed by atoms with E-state index in [9.17, 15) is 5.11 Å². The molecule has 2 unspecified atom stereocenters. The quantitative estimate of drug-likeness (QED) is 0.644. The van der Waals surface area contributed by atoms with Crippen molar-refractivity contribution >= 4 is 15.9 Å². The number of ether oxygens (including phenoxy) is 2. The highest BCUT2D eigenvalue weighted by atomic mass is 79.9. The van der Waals surface area contributed by atoms with Crippen LogP contribution in [0, 0.1) is 13.8 Å². The van der Waals surface area contributed by atoms with E-state index in [0.717, 1.165) is 51.7 Å². The lowest BCUT2D eigenvalue weighted by Crippen LogP contribution is -2.16. The fourth-order valence-electron chi connectivity index (χ4n) is 4.22. The number of fused-ring (bicyclic) bond motifs is 1. The van der Waals surface area contributed by atoms with Crippen molar-refractivity contribution in [1.82, 2.24) is 0 Å². The summed E-state index contributed by atoms with van der Waals surface area (Å²) in [7, 11) is 1.63. The number of hydrogen-bond donors (Lipinski definition) is 1. The Hall–Kier alpha value is -1.36. The predicted molar refractivity (Wildman–Crippen MR) is 108 cm³/mol. The van der Waals surface area contributed by atoms with Crippen molar-refractivity contribution in [1.29, 1.82) is 0 Å². The van der Waals surface area contributed by atoms with Crippen molar-refractivity contribution in [2.24, 2.45) is 0 Å². The van der Waals surface area contributed by atoms with Gasteiger partial charge in [0.1, 0.15) is 11.9 Å². The Morgan fingerprint density at radius 1 is 1.23 bits per heavy atom. The largest absolute Gasteiger partial charge is 0.467 e. The average molecular weight is 419 g/mol. The molecular weight excluding hydrogens is 392 g/mol. The SMILES string of the molecule is COCOc1ccc(C(O)c2c(C)cc(Br)cc2C)c2c1C(C)CCC2. The first kappa shape index (κ1) is 19.4. The molecule has 4 heteroatoms. The second-order valence-corrected chi connectivity index (χ2v) is 8.16. The number of halogens is 1. The number of benzene rings is 2. The highest BCUT2D eigenvalue weighted by molar-refractivity contribution is 9.10. The molecule has 1 aliphatic carbocycles. The van der Waals surface area contributed by atoms with Crippen LogP contribution in [0.3, 0.4) is 0 Å². The zero-order chi connectivity index (χ0) is 18.8. The highest BCUT2D eigenvalue weighted by Crippen LogP contribution is 2.43. The van der Waals surface area contributed by atoms with E-state index >= 15 is 0 Å². The lowest BCUT2D eigenvalue weighted by Gasteiger charge is -2.29. The molecule has 0 spiro atoms. The topological polar surface area (TPSA) is 38.7 Å². The number of aliphatic hydroxyl groups excluding tert-OH is 1. The molecule has 1 N–H and O–H groups in total. The van der Waals surface area contributed by atoms with Crippen molar-refractivity contribution in [3.63, 3.8) is 0 Å². The van der Waals surface area contributed by atoms with Gasteiger partial charge in [0.05, 0.1) is 0 Å². The third kappa shape index (κ3) is 3.68. The number of aliphatic hydroxyl groups is 1. The van der Waals surface area contributed by atoms with Crippen LogP contribution in [0.1, 0.15) is 65.2 Å². The van der Waals surface area contributed by atoms with Gasteiger partial charge in [0.2, 0.25) is 0 Å². The third-order valence-electron chi connectivity index (χ3n) is 5.37. The molecule has 2 aromatic rings. The molecule has 0 amide bonds. The van der Waals surface area contributed by atoms with Crippen LogP contribution < -0.4 is 4.74 Å². The second-order valence-electron chi connectivity index (χ2n) is 7.25. The summed E-state index contributed by atoms with van der Waals surface area (Å²) in [5.74, 6) is 1.30. The molecule has 26 heavy (non-hydrogen) atoms. The normalized spacial score (nSPS) is 17.7. The Bertz CT molecular complexity index is 777. The van der Waals surface area contributed by atoms with E-state index in [0.29, 0.717) is 5.92 Å². The lowest BCUT2D eigenvalue weighted by molar-refractivity contribution is 0.0499. The zero-order valence-electron chi connectivity index (χ0n) is 15.9. The van der Waals surface area contributed by atoms with E-state index < -0.39 is 6.10 Å². The van der Waals surface area contributed by atoms with Gasteiger partial charge in [-0.1, -0.05) is 28.9 Å². The predicted octanol–water partition coefficient (Wildman–Crippen LogP) is 5.57. The van der Waals surface area contributed by atoms with Crippen LogP contribution in [-0.4, -0.2) is 19.0 Å². The summed E-state index contributed by atoms with van der Waals surface area (Å²) in [6, 6.07) is 8.14. The lowest BCUT2D eigenvalue weighted by atomic mass is 9.78. The smallest absolute Gasteiger partial charge is 0.188 e. The molecule has 0 aromatic heterocycles. The summed E-state index contributed by atoms with van der Waals surface area (Å²) in [6.45, 7) is 6.60. The van der Waals surface area contributed by atoms with Crippen LogP contribution in [0.4, 0.5) is 0 Å². The van der Waals surface area contributed by atoms with Gasteiger partial charge in [-0.05, 0) is 85.0 Å². The molecule has 0 fully saturated rings. The summed E-state index contributed by atoms with van der Waals surface area (Å²) < 4.78 is 11.9. The molecule has 0 aliphatic heterocycles. The van der Waals surface area contributed by atoms with Crippen LogP contribution in [-0.2, 0) is 11.2 Å². The van der Waals surface area contributed by atoms with E-state index in [1.165, 1.54) is 11.1 Å². The minimum Gasteiger partial charge on any atom is -0.467 e. The first-order valence-electron chi connectivity index (χ1n) is 9.16. The minimum atomic E-state index is -0.626. The first-order chi connectivity index (χ1) is 12.4. The van der Waals surface area contributed by atoms with E-state index in [2.05, 4.69) is 48.8 Å². The molecule has 0 bridgehead atoms. The van der Waals surface area contributed by atoms with Gasteiger partial charge in [-0.2, -0.15) is 0 Å². The van der Waals surface area contributed by atoms with E-state index in [1.807, 2.05) is 12.1 Å². The Morgan fingerprint density at radius 3 is 2.58 bits per heavy atom. The Kier molecular flexibility index (Phi) is 6.06. The van der Waals surface area contributed by atoms with Crippen molar-refractivity contribution in [2.45, 2.75) is 52.1 Å². The van der Waals surface area contributed by atoms with Crippen molar-refractivity contribution in [3.8, 4) is 5.75 Å². The number of rotatable bonds is 5. The Morgan fingerprint density at radius 2 is 1.92 bits per heavy atom. The maximum atomic E-state index is 11.3. The number of methoxy groups -OCH3 is 1. The molecule has 0 heterocycles. The molecule has 2 aromatic carbocycles. The number of hydrogen-bond acceptors (Lipinski definition) is 3. The Balaban J connectivity index is 2.10.